The number of aldehydes is 1. The van der Waals surface area contributed by atoms with Gasteiger partial charge in [0.1, 0.15) is 29.7 Å². The minimum atomic E-state index is -0.640. The van der Waals surface area contributed by atoms with Crippen LogP contribution in [0.1, 0.15) is 12.0 Å². The Balaban J connectivity index is 0.000000303. The van der Waals surface area contributed by atoms with Crippen molar-refractivity contribution in [1.29, 1.82) is 0 Å². The Labute approximate surface area is 214 Å². The summed E-state index contributed by atoms with van der Waals surface area (Å²) in [6.07, 6.45) is 3.10. The first-order chi connectivity index (χ1) is 17.4. The second-order valence-electron chi connectivity index (χ2n) is 7.87. The lowest BCUT2D eigenvalue weighted by Gasteiger charge is -2.23. The molecule has 0 saturated carbocycles. The van der Waals surface area contributed by atoms with Crippen LogP contribution < -0.4 is 20.7 Å². The molecule has 1 aromatic heterocycles. The first-order valence-electron chi connectivity index (χ1n) is 11.2. The maximum Gasteiger partial charge on any atom is 0.256 e. The van der Waals surface area contributed by atoms with Gasteiger partial charge in [0.05, 0.1) is 19.0 Å². The number of amides is 1. The number of nitrogens with two attached hydrogens (primary N) is 1. The van der Waals surface area contributed by atoms with Gasteiger partial charge in [-0.3, -0.25) is 9.69 Å². The topological polar surface area (TPSA) is 101 Å². The fraction of sp³-hybridized carbons (Fsp3) is 0.231. The standard InChI is InChI=1S/C19H18FN3O2S.C7H10N2O/c20-14-3-7-16(8-4-14)23-18(25)17(10-12-24)22(19(23)26)11-9-13-1-5-15(21)6-2-13;1-8-7-4-3-6(10-2)5-9-7/h1-8,12,17H,9-11,21H2;3-5H,1-2H3,(H,8,9). The fourth-order valence-corrected chi connectivity index (χ4v) is 4.03. The summed E-state index contributed by atoms with van der Waals surface area (Å²) >= 11 is 5.48. The highest BCUT2D eigenvalue weighted by Gasteiger charge is 2.42. The summed E-state index contributed by atoms with van der Waals surface area (Å²) in [6, 6.07) is 16.1. The maximum absolute atomic E-state index is 13.2. The summed E-state index contributed by atoms with van der Waals surface area (Å²) < 4.78 is 18.1. The van der Waals surface area contributed by atoms with Crippen LogP contribution in [0.5, 0.6) is 5.75 Å². The molecule has 3 N–H and O–H groups in total. The molecule has 1 saturated heterocycles. The van der Waals surface area contributed by atoms with Crippen LogP contribution in [0.15, 0.2) is 66.9 Å². The summed E-state index contributed by atoms with van der Waals surface area (Å²) in [5, 5.41) is 3.23. The van der Waals surface area contributed by atoms with Crippen LogP contribution in [-0.4, -0.2) is 53.9 Å². The van der Waals surface area contributed by atoms with Crippen molar-refractivity contribution in [2.45, 2.75) is 18.9 Å². The minimum absolute atomic E-state index is 0.0540. The fourth-order valence-electron chi connectivity index (χ4n) is 3.62. The zero-order valence-electron chi connectivity index (χ0n) is 20.1. The molecule has 36 heavy (non-hydrogen) atoms. The van der Waals surface area contributed by atoms with Crippen molar-refractivity contribution >= 4 is 46.7 Å². The number of nitrogens with zero attached hydrogens (tertiary/aromatic N) is 3. The van der Waals surface area contributed by atoms with E-state index in [0.29, 0.717) is 29.5 Å². The first kappa shape index (κ1) is 26.6. The quantitative estimate of drug-likeness (QED) is 0.270. The smallest absolute Gasteiger partial charge is 0.256 e. The molecule has 10 heteroatoms. The van der Waals surface area contributed by atoms with Gasteiger partial charge in [-0.1, -0.05) is 12.1 Å². The summed E-state index contributed by atoms with van der Waals surface area (Å²) in [7, 11) is 3.45. The number of benzene rings is 2. The van der Waals surface area contributed by atoms with E-state index in [-0.39, 0.29) is 12.3 Å². The lowest BCUT2D eigenvalue weighted by Crippen LogP contribution is -2.37. The van der Waals surface area contributed by atoms with Gasteiger partial charge in [0.25, 0.3) is 5.91 Å². The molecule has 4 rings (SSSR count). The van der Waals surface area contributed by atoms with Crippen molar-refractivity contribution in [1.82, 2.24) is 9.88 Å². The maximum atomic E-state index is 13.2. The molecule has 8 nitrogen and oxygen atoms in total. The number of ether oxygens (including phenoxy) is 1. The monoisotopic (exact) mass is 509 g/mol. The summed E-state index contributed by atoms with van der Waals surface area (Å²) in [5.41, 5.74) is 7.92. The third kappa shape index (κ3) is 6.54. The van der Waals surface area contributed by atoms with E-state index in [0.717, 1.165) is 23.4 Å². The highest BCUT2D eigenvalue weighted by Crippen LogP contribution is 2.27. The molecule has 1 amide bonds. The van der Waals surface area contributed by atoms with Crippen LogP contribution in [0.3, 0.4) is 0 Å². The van der Waals surface area contributed by atoms with E-state index >= 15 is 0 Å². The van der Waals surface area contributed by atoms with Gasteiger partial charge in [0.15, 0.2) is 5.11 Å². The van der Waals surface area contributed by atoms with Crippen molar-refractivity contribution < 1.29 is 18.7 Å². The minimum Gasteiger partial charge on any atom is -0.495 e. The number of nitrogens with one attached hydrogen (secondary N) is 1. The SMILES string of the molecule is CNc1ccc(OC)cn1.Nc1ccc(CCN2C(=S)N(c3ccc(F)cc3)C(=O)C2CC=O)cc1. The van der Waals surface area contributed by atoms with E-state index in [2.05, 4.69) is 10.3 Å². The zero-order valence-corrected chi connectivity index (χ0v) is 20.9. The number of thiocarbonyl (C=S) groups is 1. The third-order valence-corrected chi connectivity index (χ3v) is 5.99. The van der Waals surface area contributed by atoms with Crippen molar-refractivity contribution in [3.8, 4) is 5.75 Å². The Morgan fingerprint density at radius 1 is 1.14 bits per heavy atom. The van der Waals surface area contributed by atoms with E-state index in [1.165, 1.54) is 29.2 Å². The Hall–Kier alpha value is -4.05. The number of halogens is 1. The number of nitrogen functional groups attached to an aromatic ring is 1. The van der Waals surface area contributed by atoms with E-state index in [1.54, 1.807) is 18.2 Å². The molecule has 188 valence electrons. The van der Waals surface area contributed by atoms with Crippen LogP contribution >= 0.6 is 12.2 Å². The van der Waals surface area contributed by atoms with E-state index < -0.39 is 11.9 Å². The molecule has 1 aliphatic heterocycles. The number of anilines is 3. The molecule has 1 atom stereocenters. The number of aromatic nitrogens is 1. The number of rotatable bonds is 8. The predicted octanol–water partition coefficient (Wildman–Crippen LogP) is 3.67. The van der Waals surface area contributed by atoms with Gasteiger partial charge in [-0.25, -0.2) is 9.37 Å². The summed E-state index contributed by atoms with van der Waals surface area (Å²) in [4.78, 5) is 31.0. The molecular weight excluding hydrogens is 481 g/mol. The molecule has 3 aromatic rings. The number of hydrogen-bond acceptors (Lipinski definition) is 7. The average molecular weight is 510 g/mol. The molecule has 2 aromatic carbocycles. The molecule has 1 fully saturated rings. The normalized spacial score (nSPS) is 14.8. The van der Waals surface area contributed by atoms with Gasteiger partial charge >= 0.3 is 0 Å². The number of pyridine rings is 1. The van der Waals surface area contributed by atoms with Crippen molar-refractivity contribution in [3.05, 3.63) is 78.2 Å². The van der Waals surface area contributed by atoms with Crippen LogP contribution in [0.2, 0.25) is 0 Å². The second-order valence-corrected chi connectivity index (χ2v) is 8.23. The third-order valence-electron chi connectivity index (χ3n) is 5.57. The number of hydrogen-bond donors (Lipinski definition) is 2. The van der Waals surface area contributed by atoms with Crippen LogP contribution in [0, 0.1) is 5.82 Å². The lowest BCUT2D eigenvalue weighted by atomic mass is 10.1. The van der Waals surface area contributed by atoms with Crippen molar-refractivity contribution in [2.24, 2.45) is 0 Å². The number of methoxy groups -OCH3 is 1. The molecule has 1 aliphatic rings. The second kappa shape index (κ2) is 12.6. The van der Waals surface area contributed by atoms with Gasteiger partial charge in [-0.05, 0) is 72.7 Å². The van der Waals surface area contributed by atoms with Crippen molar-refractivity contribution in [3.63, 3.8) is 0 Å². The highest BCUT2D eigenvalue weighted by molar-refractivity contribution is 7.80. The predicted molar refractivity (Wildman–Crippen MR) is 143 cm³/mol. The highest BCUT2D eigenvalue weighted by atomic mass is 32.1. The first-order valence-corrected chi connectivity index (χ1v) is 11.6. The number of carbonyl (C=O) groups excluding carboxylic acids is 2. The Bertz CT molecular complexity index is 1150. The Morgan fingerprint density at radius 3 is 2.39 bits per heavy atom. The zero-order chi connectivity index (χ0) is 26.1. The largest absolute Gasteiger partial charge is 0.495 e. The van der Waals surface area contributed by atoms with E-state index in [9.17, 15) is 14.0 Å². The average Bonchev–Trinajstić information content (AvgIpc) is 3.13. The van der Waals surface area contributed by atoms with Crippen LogP contribution in [-0.2, 0) is 16.0 Å². The van der Waals surface area contributed by atoms with Gasteiger partial charge < -0.3 is 25.5 Å². The van der Waals surface area contributed by atoms with Gasteiger partial charge in [-0.15, -0.1) is 0 Å². The molecule has 0 bridgehead atoms. The molecular formula is C26H28FN5O3S. The Morgan fingerprint density at radius 2 is 1.83 bits per heavy atom. The number of carbonyl (C=O) groups is 2. The van der Waals surface area contributed by atoms with Gasteiger partial charge in [-0.2, -0.15) is 0 Å². The lowest BCUT2D eigenvalue weighted by molar-refractivity contribution is -0.122. The molecule has 0 radical (unpaired) electrons. The van der Waals surface area contributed by atoms with Gasteiger partial charge in [0, 0.05) is 25.7 Å². The van der Waals surface area contributed by atoms with E-state index in [1.807, 2.05) is 43.4 Å². The molecule has 2 heterocycles. The summed E-state index contributed by atoms with van der Waals surface area (Å²) in [6.45, 7) is 0.491. The summed E-state index contributed by atoms with van der Waals surface area (Å²) in [5.74, 6) is 0.960. The Kier molecular flexibility index (Phi) is 9.29. The van der Waals surface area contributed by atoms with E-state index in [4.69, 9.17) is 22.7 Å². The molecule has 0 aliphatic carbocycles. The molecule has 1 unspecified atom stereocenters. The van der Waals surface area contributed by atoms with Crippen LogP contribution in [0.4, 0.5) is 21.6 Å². The van der Waals surface area contributed by atoms with Crippen LogP contribution in [0.25, 0.3) is 0 Å². The van der Waals surface area contributed by atoms with Crippen molar-refractivity contribution in [2.75, 3.05) is 36.7 Å². The van der Waals surface area contributed by atoms with Gasteiger partial charge in [0.2, 0.25) is 0 Å². The molecule has 0 spiro atoms.